The first-order chi connectivity index (χ1) is 8.50. The Morgan fingerprint density at radius 3 is 2.39 bits per heavy atom. The van der Waals surface area contributed by atoms with Crippen LogP contribution in [0.3, 0.4) is 0 Å². The van der Waals surface area contributed by atoms with Crippen molar-refractivity contribution in [2.24, 2.45) is 0 Å². The van der Waals surface area contributed by atoms with Gasteiger partial charge in [0.15, 0.2) is 6.04 Å². The van der Waals surface area contributed by atoms with E-state index in [0.29, 0.717) is 5.56 Å². The summed E-state index contributed by atoms with van der Waals surface area (Å²) in [4.78, 5) is 22.7. The van der Waals surface area contributed by atoms with Crippen LogP contribution in [0.25, 0.3) is 0 Å². The Bertz CT molecular complexity index is 403. The summed E-state index contributed by atoms with van der Waals surface area (Å²) in [7, 11) is 0. The summed E-state index contributed by atoms with van der Waals surface area (Å²) in [5.41, 5.74) is 0.530. The van der Waals surface area contributed by atoms with Gasteiger partial charge in [-0.2, -0.15) is 0 Å². The Morgan fingerprint density at radius 2 is 1.89 bits per heavy atom. The average molecular weight is 251 g/mol. The maximum atomic E-state index is 11.5. The molecule has 98 valence electrons. The highest BCUT2D eigenvalue weighted by atomic mass is 16.5. The molecule has 0 saturated heterocycles. The van der Waals surface area contributed by atoms with Crippen molar-refractivity contribution in [3.8, 4) is 0 Å². The zero-order valence-electron chi connectivity index (χ0n) is 10.4. The molecule has 0 fully saturated rings. The van der Waals surface area contributed by atoms with Crippen LogP contribution in [0.15, 0.2) is 30.3 Å². The molecule has 5 nitrogen and oxygen atoms in total. The predicted octanol–water partition coefficient (Wildman–Crippen LogP) is 1.35. The van der Waals surface area contributed by atoms with Crippen LogP contribution in [0.2, 0.25) is 0 Å². The smallest absolute Gasteiger partial charge is 0.330 e. The van der Waals surface area contributed by atoms with E-state index in [0.717, 1.165) is 0 Å². The summed E-state index contributed by atoms with van der Waals surface area (Å²) in [5.74, 6) is -1.54. The summed E-state index contributed by atoms with van der Waals surface area (Å²) < 4.78 is 5.12. The van der Waals surface area contributed by atoms with E-state index in [1.807, 2.05) is 0 Å². The molecule has 0 radical (unpaired) electrons. The number of hydrogen-bond donors (Lipinski definition) is 2. The molecule has 18 heavy (non-hydrogen) atoms. The molecule has 1 aromatic carbocycles. The highest BCUT2D eigenvalue weighted by Crippen LogP contribution is 2.12. The number of aliphatic carboxylic acids is 1. The van der Waals surface area contributed by atoms with Gasteiger partial charge in [-0.1, -0.05) is 30.3 Å². The van der Waals surface area contributed by atoms with Gasteiger partial charge in [0.05, 0.1) is 6.10 Å². The lowest BCUT2D eigenvalue weighted by atomic mass is 10.1. The first kappa shape index (κ1) is 14.2. The number of nitrogens with one attached hydrogen (secondary N) is 1. The Hall–Kier alpha value is -1.88. The molecule has 2 N–H and O–H groups in total. The van der Waals surface area contributed by atoms with Crippen molar-refractivity contribution in [3.05, 3.63) is 35.9 Å². The minimum atomic E-state index is -1.10. The van der Waals surface area contributed by atoms with Crippen LogP contribution in [-0.4, -0.2) is 29.7 Å². The van der Waals surface area contributed by atoms with Crippen molar-refractivity contribution in [3.63, 3.8) is 0 Å². The molecule has 5 heteroatoms. The third-order valence-electron chi connectivity index (χ3n) is 2.23. The molecule has 0 unspecified atom stereocenters. The Labute approximate surface area is 106 Å². The van der Waals surface area contributed by atoms with Crippen molar-refractivity contribution in [2.75, 3.05) is 6.61 Å². The largest absolute Gasteiger partial charge is 0.479 e. The van der Waals surface area contributed by atoms with Crippen LogP contribution in [0.1, 0.15) is 25.5 Å². The summed E-state index contributed by atoms with van der Waals surface area (Å²) in [5, 5.41) is 11.5. The third-order valence-corrected chi connectivity index (χ3v) is 2.23. The molecule has 0 aliphatic heterocycles. The van der Waals surface area contributed by atoms with Gasteiger partial charge in [-0.05, 0) is 19.4 Å². The Balaban J connectivity index is 2.65. The van der Waals surface area contributed by atoms with Gasteiger partial charge in [0, 0.05) is 0 Å². The lowest BCUT2D eigenvalue weighted by molar-refractivity contribution is -0.143. The van der Waals surface area contributed by atoms with Crippen molar-refractivity contribution in [1.29, 1.82) is 0 Å². The van der Waals surface area contributed by atoms with Crippen LogP contribution in [-0.2, 0) is 14.3 Å². The molecular weight excluding hydrogens is 234 g/mol. The van der Waals surface area contributed by atoms with E-state index < -0.39 is 17.9 Å². The number of hydrogen-bond acceptors (Lipinski definition) is 3. The van der Waals surface area contributed by atoms with E-state index in [4.69, 9.17) is 9.84 Å². The number of carbonyl (C=O) groups is 2. The van der Waals surface area contributed by atoms with Gasteiger partial charge in [-0.15, -0.1) is 0 Å². The number of benzene rings is 1. The summed E-state index contributed by atoms with van der Waals surface area (Å²) in [6.45, 7) is 3.46. The predicted molar refractivity (Wildman–Crippen MR) is 66.0 cm³/mol. The SMILES string of the molecule is CC(C)OCC(=O)N[C@@H](C(=O)O)c1ccccc1. The average Bonchev–Trinajstić information content (AvgIpc) is 2.34. The second-order valence-electron chi connectivity index (χ2n) is 4.11. The standard InChI is InChI=1S/C13H17NO4/c1-9(2)18-8-11(15)14-12(13(16)17)10-6-4-3-5-7-10/h3-7,9,12H,8H2,1-2H3,(H,14,15)(H,16,17)/t12-/m1/s1. The summed E-state index contributed by atoms with van der Waals surface area (Å²) in [6, 6.07) is 7.50. The molecule has 1 atom stereocenters. The van der Waals surface area contributed by atoms with E-state index >= 15 is 0 Å². The zero-order valence-corrected chi connectivity index (χ0v) is 10.4. The minimum Gasteiger partial charge on any atom is -0.479 e. The van der Waals surface area contributed by atoms with Gasteiger partial charge in [0.25, 0.3) is 0 Å². The topological polar surface area (TPSA) is 75.6 Å². The maximum absolute atomic E-state index is 11.5. The minimum absolute atomic E-state index is 0.0734. The van der Waals surface area contributed by atoms with E-state index in [2.05, 4.69) is 5.32 Å². The molecule has 0 aliphatic rings. The second-order valence-corrected chi connectivity index (χ2v) is 4.11. The van der Waals surface area contributed by atoms with E-state index in [1.54, 1.807) is 44.2 Å². The fourth-order valence-corrected chi connectivity index (χ4v) is 1.38. The molecule has 0 aliphatic carbocycles. The molecule has 0 bridgehead atoms. The molecule has 0 aromatic heterocycles. The maximum Gasteiger partial charge on any atom is 0.330 e. The van der Waals surface area contributed by atoms with Crippen LogP contribution in [0, 0.1) is 0 Å². The van der Waals surface area contributed by atoms with E-state index in [-0.39, 0.29) is 12.7 Å². The molecule has 0 spiro atoms. The second kappa shape index (κ2) is 6.76. The van der Waals surface area contributed by atoms with Crippen LogP contribution in [0.5, 0.6) is 0 Å². The molecule has 1 rings (SSSR count). The summed E-state index contributed by atoms with van der Waals surface area (Å²) >= 11 is 0. The number of ether oxygens (including phenoxy) is 1. The van der Waals surface area contributed by atoms with Gasteiger partial charge in [0.1, 0.15) is 6.61 Å². The number of carbonyl (C=O) groups excluding carboxylic acids is 1. The first-order valence-corrected chi connectivity index (χ1v) is 5.69. The zero-order chi connectivity index (χ0) is 13.5. The van der Waals surface area contributed by atoms with Gasteiger partial charge < -0.3 is 15.2 Å². The van der Waals surface area contributed by atoms with Gasteiger partial charge >= 0.3 is 5.97 Å². The highest BCUT2D eigenvalue weighted by molar-refractivity contribution is 5.85. The van der Waals surface area contributed by atoms with Gasteiger partial charge in [-0.25, -0.2) is 4.79 Å². The van der Waals surface area contributed by atoms with Crippen LogP contribution >= 0.6 is 0 Å². The monoisotopic (exact) mass is 251 g/mol. The molecule has 1 aromatic rings. The van der Waals surface area contributed by atoms with E-state index in [1.165, 1.54) is 0 Å². The number of rotatable bonds is 6. The Morgan fingerprint density at radius 1 is 1.28 bits per heavy atom. The molecular formula is C13H17NO4. The third kappa shape index (κ3) is 4.55. The lowest BCUT2D eigenvalue weighted by Gasteiger charge is -2.15. The fourth-order valence-electron chi connectivity index (χ4n) is 1.38. The van der Waals surface area contributed by atoms with Gasteiger partial charge in [0.2, 0.25) is 5.91 Å². The van der Waals surface area contributed by atoms with Crippen molar-refractivity contribution in [2.45, 2.75) is 26.0 Å². The highest BCUT2D eigenvalue weighted by Gasteiger charge is 2.21. The van der Waals surface area contributed by atoms with Crippen LogP contribution in [0.4, 0.5) is 0 Å². The molecule has 0 heterocycles. The molecule has 0 saturated carbocycles. The number of amides is 1. The normalized spacial score (nSPS) is 12.2. The summed E-state index contributed by atoms with van der Waals surface area (Å²) in [6.07, 6.45) is -0.0734. The quantitative estimate of drug-likeness (QED) is 0.800. The van der Waals surface area contributed by atoms with Crippen molar-refractivity contribution < 1.29 is 19.4 Å². The first-order valence-electron chi connectivity index (χ1n) is 5.69. The lowest BCUT2D eigenvalue weighted by Crippen LogP contribution is -2.36. The Kier molecular flexibility index (Phi) is 5.32. The number of carboxylic acids is 1. The van der Waals surface area contributed by atoms with Crippen molar-refractivity contribution in [1.82, 2.24) is 5.32 Å². The fraction of sp³-hybridized carbons (Fsp3) is 0.385. The van der Waals surface area contributed by atoms with E-state index in [9.17, 15) is 9.59 Å². The number of carboxylic acid groups (broad SMARTS) is 1. The molecule has 1 amide bonds. The van der Waals surface area contributed by atoms with Crippen molar-refractivity contribution >= 4 is 11.9 Å². The van der Waals surface area contributed by atoms with Gasteiger partial charge in [-0.3, -0.25) is 4.79 Å². The van der Waals surface area contributed by atoms with Crippen LogP contribution < -0.4 is 5.32 Å².